The highest BCUT2D eigenvalue weighted by atomic mass is 16.5. The van der Waals surface area contributed by atoms with Gasteiger partial charge in [0.15, 0.2) is 0 Å². The molecule has 0 radical (unpaired) electrons. The third-order valence-corrected chi connectivity index (χ3v) is 3.86. The van der Waals surface area contributed by atoms with E-state index in [-0.39, 0.29) is 5.97 Å². The van der Waals surface area contributed by atoms with E-state index in [2.05, 4.69) is 37.1 Å². The Bertz CT molecular complexity index is 684. The van der Waals surface area contributed by atoms with E-state index in [1.807, 2.05) is 11.6 Å². The fraction of sp³-hybridized carbons (Fsp3) is 0.412. The van der Waals surface area contributed by atoms with Gasteiger partial charge in [0, 0.05) is 5.92 Å². The number of aryl methyl sites for hydroxylation is 2. The largest absolute Gasteiger partial charge is 0.462 e. The summed E-state index contributed by atoms with van der Waals surface area (Å²) in [6.07, 6.45) is 3.87. The van der Waals surface area contributed by atoms with E-state index in [0.29, 0.717) is 18.1 Å². The first-order valence-electron chi connectivity index (χ1n) is 7.44. The van der Waals surface area contributed by atoms with Crippen LogP contribution < -0.4 is 0 Å². The molecule has 0 spiro atoms. The Morgan fingerprint density at radius 1 is 1.38 bits per heavy atom. The Kier molecular flexibility index (Phi) is 3.53. The van der Waals surface area contributed by atoms with E-state index in [1.54, 1.807) is 6.20 Å². The number of benzene rings is 1. The summed E-state index contributed by atoms with van der Waals surface area (Å²) < 4.78 is 7.08. The molecule has 1 saturated carbocycles. The standard InChI is InChI=1S/C17H20N2O2/c1-4-21-17(20)14-10-18-19(16(14)13-7-8-13)15-9-11(2)5-6-12(15)3/h5-6,9-10,13H,4,7-8H2,1-3H3. The van der Waals surface area contributed by atoms with Crippen LogP contribution in [0, 0.1) is 13.8 Å². The molecule has 1 aliphatic rings. The second kappa shape index (κ2) is 5.35. The summed E-state index contributed by atoms with van der Waals surface area (Å²) in [7, 11) is 0. The summed E-state index contributed by atoms with van der Waals surface area (Å²) in [5.74, 6) is 0.155. The van der Waals surface area contributed by atoms with Gasteiger partial charge in [-0.15, -0.1) is 0 Å². The average molecular weight is 284 g/mol. The van der Waals surface area contributed by atoms with Gasteiger partial charge < -0.3 is 4.74 Å². The summed E-state index contributed by atoms with van der Waals surface area (Å²) in [6, 6.07) is 6.29. The highest BCUT2D eigenvalue weighted by Gasteiger charge is 2.33. The Hall–Kier alpha value is -2.10. The molecule has 2 aromatic rings. The predicted octanol–water partition coefficient (Wildman–Crippen LogP) is 3.54. The van der Waals surface area contributed by atoms with Gasteiger partial charge in [-0.05, 0) is 50.8 Å². The molecular weight excluding hydrogens is 264 g/mol. The number of aromatic nitrogens is 2. The first-order chi connectivity index (χ1) is 10.1. The summed E-state index contributed by atoms with van der Waals surface area (Å²) in [4.78, 5) is 12.1. The number of carbonyl (C=O) groups excluding carboxylic acids is 1. The molecule has 1 heterocycles. The van der Waals surface area contributed by atoms with Gasteiger partial charge in [0.05, 0.1) is 24.2 Å². The topological polar surface area (TPSA) is 44.1 Å². The Morgan fingerprint density at radius 2 is 2.14 bits per heavy atom. The van der Waals surface area contributed by atoms with Crippen molar-refractivity contribution in [3.05, 3.63) is 46.8 Å². The highest BCUT2D eigenvalue weighted by Crippen LogP contribution is 2.42. The zero-order valence-corrected chi connectivity index (χ0v) is 12.7. The normalized spacial score (nSPS) is 14.2. The Balaban J connectivity index is 2.11. The maximum Gasteiger partial charge on any atom is 0.341 e. The van der Waals surface area contributed by atoms with Crippen LogP contribution in [0.1, 0.15) is 52.9 Å². The minimum atomic E-state index is -0.268. The first kappa shape index (κ1) is 13.9. The lowest BCUT2D eigenvalue weighted by atomic mass is 10.1. The highest BCUT2D eigenvalue weighted by molar-refractivity contribution is 5.91. The van der Waals surface area contributed by atoms with Crippen LogP contribution >= 0.6 is 0 Å². The van der Waals surface area contributed by atoms with Gasteiger partial charge >= 0.3 is 5.97 Å². The number of hydrogen-bond acceptors (Lipinski definition) is 3. The van der Waals surface area contributed by atoms with Gasteiger partial charge in [-0.25, -0.2) is 9.48 Å². The lowest BCUT2D eigenvalue weighted by molar-refractivity contribution is 0.0525. The molecule has 1 aromatic carbocycles. The number of hydrogen-bond donors (Lipinski definition) is 0. The molecule has 0 N–H and O–H groups in total. The van der Waals surface area contributed by atoms with Gasteiger partial charge in [0.2, 0.25) is 0 Å². The van der Waals surface area contributed by atoms with Crippen LogP contribution in [0.2, 0.25) is 0 Å². The number of nitrogens with zero attached hydrogens (tertiary/aromatic N) is 2. The summed E-state index contributed by atoms with van der Waals surface area (Å²) in [5.41, 5.74) is 5.00. The van der Waals surface area contributed by atoms with E-state index in [1.165, 1.54) is 5.56 Å². The van der Waals surface area contributed by atoms with Crippen molar-refractivity contribution in [2.75, 3.05) is 6.61 Å². The molecule has 0 amide bonds. The van der Waals surface area contributed by atoms with Gasteiger partial charge in [0.1, 0.15) is 5.56 Å². The molecule has 4 heteroatoms. The smallest absolute Gasteiger partial charge is 0.341 e. The second-order valence-corrected chi connectivity index (χ2v) is 5.64. The molecule has 110 valence electrons. The van der Waals surface area contributed by atoms with E-state index in [9.17, 15) is 4.79 Å². The SMILES string of the molecule is CCOC(=O)c1cnn(-c2cc(C)ccc2C)c1C1CC1. The van der Waals surface area contributed by atoms with E-state index in [4.69, 9.17) is 4.74 Å². The molecule has 0 bridgehead atoms. The molecule has 1 fully saturated rings. The van der Waals surface area contributed by atoms with Gasteiger partial charge in [-0.3, -0.25) is 0 Å². The second-order valence-electron chi connectivity index (χ2n) is 5.64. The lowest BCUT2D eigenvalue weighted by Gasteiger charge is -2.12. The minimum Gasteiger partial charge on any atom is -0.462 e. The van der Waals surface area contributed by atoms with Gasteiger partial charge in [0.25, 0.3) is 0 Å². The van der Waals surface area contributed by atoms with Crippen LogP contribution in [0.25, 0.3) is 5.69 Å². The molecule has 0 atom stereocenters. The molecule has 0 saturated heterocycles. The van der Waals surface area contributed by atoms with Crippen molar-refractivity contribution >= 4 is 5.97 Å². The van der Waals surface area contributed by atoms with E-state index < -0.39 is 0 Å². The minimum absolute atomic E-state index is 0.268. The zero-order chi connectivity index (χ0) is 15.0. The molecule has 3 rings (SSSR count). The molecule has 0 unspecified atom stereocenters. The molecule has 21 heavy (non-hydrogen) atoms. The van der Waals surface area contributed by atoms with Crippen molar-refractivity contribution in [2.24, 2.45) is 0 Å². The molecule has 4 nitrogen and oxygen atoms in total. The van der Waals surface area contributed by atoms with Crippen LogP contribution in [0.5, 0.6) is 0 Å². The third-order valence-electron chi connectivity index (χ3n) is 3.86. The number of carbonyl (C=O) groups is 1. The fourth-order valence-electron chi connectivity index (χ4n) is 2.61. The van der Waals surface area contributed by atoms with Crippen molar-refractivity contribution in [3.8, 4) is 5.69 Å². The van der Waals surface area contributed by atoms with Crippen molar-refractivity contribution in [2.45, 2.75) is 39.5 Å². The van der Waals surface area contributed by atoms with Crippen LogP contribution in [-0.4, -0.2) is 22.4 Å². The number of ether oxygens (including phenoxy) is 1. The molecule has 1 aromatic heterocycles. The fourth-order valence-corrected chi connectivity index (χ4v) is 2.61. The summed E-state index contributed by atoms with van der Waals surface area (Å²) >= 11 is 0. The van der Waals surface area contributed by atoms with E-state index >= 15 is 0 Å². The lowest BCUT2D eigenvalue weighted by Crippen LogP contribution is -2.09. The third kappa shape index (κ3) is 2.58. The van der Waals surface area contributed by atoms with Crippen LogP contribution in [0.4, 0.5) is 0 Å². The summed E-state index contributed by atoms with van der Waals surface area (Å²) in [5, 5.41) is 4.47. The number of rotatable bonds is 4. The average Bonchev–Trinajstić information content (AvgIpc) is 3.20. The van der Waals surface area contributed by atoms with Crippen molar-refractivity contribution in [1.29, 1.82) is 0 Å². The molecule has 0 aliphatic heterocycles. The van der Waals surface area contributed by atoms with Gasteiger partial charge in [-0.1, -0.05) is 12.1 Å². The zero-order valence-electron chi connectivity index (χ0n) is 12.7. The Labute approximate surface area is 124 Å². The maximum absolute atomic E-state index is 12.1. The predicted molar refractivity (Wildman–Crippen MR) is 81.0 cm³/mol. The van der Waals surface area contributed by atoms with Crippen molar-refractivity contribution in [1.82, 2.24) is 9.78 Å². The summed E-state index contributed by atoms with van der Waals surface area (Å²) in [6.45, 7) is 6.34. The van der Waals surface area contributed by atoms with Crippen LogP contribution in [0.15, 0.2) is 24.4 Å². The maximum atomic E-state index is 12.1. The Morgan fingerprint density at radius 3 is 2.81 bits per heavy atom. The van der Waals surface area contributed by atoms with Crippen LogP contribution in [-0.2, 0) is 4.74 Å². The monoisotopic (exact) mass is 284 g/mol. The first-order valence-corrected chi connectivity index (χ1v) is 7.44. The molecular formula is C17H20N2O2. The number of esters is 1. The van der Waals surface area contributed by atoms with Crippen LogP contribution in [0.3, 0.4) is 0 Å². The van der Waals surface area contributed by atoms with Gasteiger partial charge in [-0.2, -0.15) is 5.10 Å². The van der Waals surface area contributed by atoms with Crippen molar-refractivity contribution in [3.63, 3.8) is 0 Å². The quantitative estimate of drug-likeness (QED) is 0.807. The van der Waals surface area contributed by atoms with Crippen molar-refractivity contribution < 1.29 is 9.53 Å². The molecule has 1 aliphatic carbocycles. The van der Waals surface area contributed by atoms with E-state index in [0.717, 1.165) is 29.8 Å².